The third-order valence-corrected chi connectivity index (χ3v) is 5.12. The van der Waals surface area contributed by atoms with Crippen molar-refractivity contribution >= 4 is 27.6 Å². The molecule has 1 rings (SSSR count). The lowest BCUT2D eigenvalue weighted by atomic mass is 10.3. The van der Waals surface area contributed by atoms with E-state index in [1.165, 1.54) is 12.1 Å². The molecule has 0 amide bonds. The first-order valence-electron chi connectivity index (χ1n) is 5.75. The first-order chi connectivity index (χ1) is 8.76. The van der Waals surface area contributed by atoms with Crippen molar-refractivity contribution in [2.24, 2.45) is 0 Å². The molecule has 1 aromatic carbocycles. The van der Waals surface area contributed by atoms with Crippen LogP contribution in [0.15, 0.2) is 29.2 Å². The molecule has 0 aliphatic rings. The van der Waals surface area contributed by atoms with Crippen LogP contribution in [0.5, 0.6) is 0 Å². The topological polar surface area (TPSA) is 74.7 Å². The summed E-state index contributed by atoms with van der Waals surface area (Å²) in [5, 5.41) is 8.82. The number of rotatable bonds is 6. The van der Waals surface area contributed by atoms with Crippen LogP contribution in [-0.4, -0.2) is 36.4 Å². The molecule has 0 aromatic heterocycles. The fourth-order valence-electron chi connectivity index (χ4n) is 1.64. The van der Waals surface area contributed by atoms with Gasteiger partial charge in [0.15, 0.2) is 0 Å². The number of nitrogens with zero attached hydrogens (tertiary/aromatic N) is 1. The number of benzene rings is 1. The molecule has 0 atom stereocenters. The predicted molar refractivity (Wildman–Crippen MR) is 72.7 cm³/mol. The summed E-state index contributed by atoms with van der Waals surface area (Å²) >= 11 is 5.90. The molecule has 7 heteroatoms. The number of aliphatic carboxylic acids is 1. The normalized spacial score (nSPS) is 12.1. The van der Waals surface area contributed by atoms with E-state index in [0.717, 1.165) is 4.31 Å². The van der Waals surface area contributed by atoms with Gasteiger partial charge in [-0.3, -0.25) is 4.79 Å². The highest BCUT2D eigenvalue weighted by atomic mass is 35.5. The molecular weight excluding hydrogens is 290 g/mol. The fourth-order valence-corrected chi connectivity index (χ4v) is 3.77. The van der Waals surface area contributed by atoms with Gasteiger partial charge in [0.1, 0.15) is 4.90 Å². The average molecular weight is 306 g/mol. The Morgan fingerprint density at radius 1 is 1.37 bits per heavy atom. The lowest BCUT2D eigenvalue weighted by molar-refractivity contribution is -0.137. The Kier molecular flexibility index (Phi) is 5.34. The van der Waals surface area contributed by atoms with E-state index in [9.17, 15) is 13.2 Å². The first-order valence-corrected chi connectivity index (χ1v) is 7.56. The standard InChI is InChI=1S/C12H16ClNO4S/c1-9(2)14(8-7-12(15)16)19(17,18)11-6-4-3-5-10(11)13/h3-6,9H,7-8H2,1-2H3,(H,15,16). The van der Waals surface area contributed by atoms with Gasteiger partial charge in [0.05, 0.1) is 11.4 Å². The van der Waals surface area contributed by atoms with Crippen LogP contribution in [0.3, 0.4) is 0 Å². The molecule has 0 bridgehead atoms. The van der Waals surface area contributed by atoms with Gasteiger partial charge in [0.25, 0.3) is 0 Å². The van der Waals surface area contributed by atoms with Gasteiger partial charge in [0.2, 0.25) is 10.0 Å². The van der Waals surface area contributed by atoms with E-state index in [1.807, 2.05) is 0 Å². The number of sulfonamides is 1. The Bertz CT molecular complexity index is 557. The summed E-state index contributed by atoms with van der Waals surface area (Å²) in [4.78, 5) is 10.6. The van der Waals surface area contributed by atoms with E-state index >= 15 is 0 Å². The summed E-state index contributed by atoms with van der Waals surface area (Å²) in [6.07, 6.45) is -0.248. The van der Waals surface area contributed by atoms with Crippen molar-refractivity contribution in [1.82, 2.24) is 4.31 Å². The zero-order valence-electron chi connectivity index (χ0n) is 10.7. The third-order valence-electron chi connectivity index (χ3n) is 2.55. The molecule has 0 fully saturated rings. The summed E-state index contributed by atoms with van der Waals surface area (Å²) in [6.45, 7) is 3.30. The van der Waals surface area contributed by atoms with Gasteiger partial charge in [-0.05, 0) is 26.0 Å². The van der Waals surface area contributed by atoms with Gasteiger partial charge in [-0.15, -0.1) is 0 Å². The number of hydrogen-bond donors (Lipinski definition) is 1. The maximum absolute atomic E-state index is 12.5. The Balaban J connectivity index is 3.14. The summed E-state index contributed by atoms with van der Waals surface area (Å²) in [7, 11) is -3.79. The molecule has 0 saturated carbocycles. The average Bonchev–Trinajstić information content (AvgIpc) is 2.28. The Morgan fingerprint density at radius 3 is 2.42 bits per heavy atom. The molecule has 0 saturated heterocycles. The monoisotopic (exact) mass is 305 g/mol. The van der Waals surface area contributed by atoms with Crippen molar-refractivity contribution < 1.29 is 18.3 Å². The van der Waals surface area contributed by atoms with Gasteiger partial charge >= 0.3 is 5.97 Å². The van der Waals surface area contributed by atoms with Crippen LogP contribution < -0.4 is 0 Å². The van der Waals surface area contributed by atoms with Crippen molar-refractivity contribution in [1.29, 1.82) is 0 Å². The van der Waals surface area contributed by atoms with Crippen LogP contribution in [0.2, 0.25) is 5.02 Å². The van der Waals surface area contributed by atoms with Crippen molar-refractivity contribution in [3.8, 4) is 0 Å². The number of carboxylic acid groups (broad SMARTS) is 1. The summed E-state index contributed by atoms with van der Waals surface area (Å²) in [5.41, 5.74) is 0. The van der Waals surface area contributed by atoms with E-state index in [4.69, 9.17) is 16.7 Å². The lowest BCUT2D eigenvalue weighted by Gasteiger charge is -2.25. The van der Waals surface area contributed by atoms with E-state index in [2.05, 4.69) is 0 Å². The fraction of sp³-hybridized carbons (Fsp3) is 0.417. The van der Waals surface area contributed by atoms with E-state index < -0.39 is 16.0 Å². The van der Waals surface area contributed by atoms with Crippen molar-refractivity contribution in [3.05, 3.63) is 29.3 Å². The highest BCUT2D eigenvalue weighted by molar-refractivity contribution is 7.89. The van der Waals surface area contributed by atoms with E-state index in [1.54, 1.807) is 26.0 Å². The molecular formula is C12H16ClNO4S. The van der Waals surface area contributed by atoms with Gasteiger partial charge in [-0.2, -0.15) is 4.31 Å². The maximum atomic E-state index is 12.5. The minimum Gasteiger partial charge on any atom is -0.481 e. The van der Waals surface area contributed by atoms with Crippen molar-refractivity contribution in [3.63, 3.8) is 0 Å². The number of carbonyl (C=O) groups is 1. The summed E-state index contributed by atoms with van der Waals surface area (Å²) in [6, 6.07) is 5.77. The minimum absolute atomic E-state index is 0.00393. The Hall–Kier alpha value is -1.11. The zero-order valence-corrected chi connectivity index (χ0v) is 12.3. The molecule has 0 unspecified atom stereocenters. The lowest BCUT2D eigenvalue weighted by Crippen LogP contribution is -2.38. The van der Waals surface area contributed by atoms with Crippen LogP contribution in [0.4, 0.5) is 0 Å². The largest absolute Gasteiger partial charge is 0.481 e. The first kappa shape index (κ1) is 15.9. The highest BCUT2D eigenvalue weighted by Gasteiger charge is 2.28. The van der Waals surface area contributed by atoms with Gasteiger partial charge in [-0.25, -0.2) is 8.42 Å². The Morgan fingerprint density at radius 2 is 1.95 bits per heavy atom. The second-order valence-electron chi connectivity index (χ2n) is 4.28. The van der Waals surface area contributed by atoms with Gasteiger partial charge < -0.3 is 5.11 Å². The molecule has 1 aromatic rings. The molecule has 1 N–H and O–H groups in total. The maximum Gasteiger partial charge on any atom is 0.304 e. The zero-order chi connectivity index (χ0) is 14.6. The molecule has 0 heterocycles. The number of carboxylic acids is 1. The third kappa shape index (κ3) is 3.92. The molecule has 106 valence electrons. The SMILES string of the molecule is CC(C)N(CCC(=O)O)S(=O)(=O)c1ccccc1Cl. The summed E-state index contributed by atoms with van der Waals surface area (Å²) in [5.74, 6) is -1.04. The molecule has 0 radical (unpaired) electrons. The van der Waals surface area contributed by atoms with Crippen LogP contribution >= 0.6 is 11.6 Å². The summed E-state index contributed by atoms with van der Waals surface area (Å²) < 4.78 is 26.1. The number of halogens is 1. The molecule has 0 aliphatic heterocycles. The van der Waals surface area contributed by atoms with Crippen LogP contribution in [0.25, 0.3) is 0 Å². The number of hydrogen-bond acceptors (Lipinski definition) is 3. The highest BCUT2D eigenvalue weighted by Crippen LogP contribution is 2.25. The molecule has 0 spiro atoms. The minimum atomic E-state index is -3.79. The van der Waals surface area contributed by atoms with Crippen molar-refractivity contribution in [2.45, 2.75) is 31.2 Å². The van der Waals surface area contributed by atoms with Crippen LogP contribution in [-0.2, 0) is 14.8 Å². The van der Waals surface area contributed by atoms with Crippen LogP contribution in [0, 0.1) is 0 Å². The van der Waals surface area contributed by atoms with Crippen LogP contribution in [0.1, 0.15) is 20.3 Å². The van der Waals surface area contributed by atoms with Crippen molar-refractivity contribution in [2.75, 3.05) is 6.54 Å². The predicted octanol–water partition coefficient (Wildman–Crippen LogP) is 2.21. The Labute approximate surface area is 117 Å². The molecule has 5 nitrogen and oxygen atoms in total. The molecule has 0 aliphatic carbocycles. The van der Waals surface area contributed by atoms with Gasteiger partial charge in [-0.1, -0.05) is 23.7 Å². The second kappa shape index (κ2) is 6.36. The molecule has 19 heavy (non-hydrogen) atoms. The van der Waals surface area contributed by atoms with E-state index in [0.29, 0.717) is 0 Å². The van der Waals surface area contributed by atoms with E-state index in [-0.39, 0.29) is 28.9 Å². The van der Waals surface area contributed by atoms with Gasteiger partial charge in [0, 0.05) is 12.6 Å². The second-order valence-corrected chi connectivity index (χ2v) is 6.55. The smallest absolute Gasteiger partial charge is 0.304 e. The quantitative estimate of drug-likeness (QED) is 0.874.